The number of alkyl carbamates (subject to hydrolysis) is 2. The highest BCUT2D eigenvalue weighted by molar-refractivity contribution is 5.81. The molecule has 1 aliphatic heterocycles. The molecule has 0 aromatic rings. The van der Waals surface area contributed by atoms with Crippen molar-refractivity contribution in [2.75, 3.05) is 6.54 Å². The van der Waals surface area contributed by atoms with Gasteiger partial charge in [0.15, 0.2) is 0 Å². The van der Waals surface area contributed by atoms with Crippen molar-refractivity contribution in [3.05, 3.63) is 0 Å². The molecular formula is C45H76N2O10. The van der Waals surface area contributed by atoms with Gasteiger partial charge in [0.25, 0.3) is 0 Å². The molecule has 2 spiro atoms. The minimum Gasteiger partial charge on any atom is -0.460 e. The van der Waals surface area contributed by atoms with Gasteiger partial charge in [0.1, 0.15) is 23.3 Å². The van der Waals surface area contributed by atoms with Crippen LogP contribution in [0, 0.1) is 44.8 Å². The lowest BCUT2D eigenvalue weighted by Gasteiger charge is -2.64. The van der Waals surface area contributed by atoms with Crippen molar-refractivity contribution in [2.45, 2.75) is 213 Å². The normalized spacial score (nSPS) is 42.7. The molecule has 12 nitrogen and oxygen atoms in total. The van der Waals surface area contributed by atoms with E-state index in [2.05, 4.69) is 45.3 Å². The van der Waals surface area contributed by atoms with Gasteiger partial charge in [-0.15, -0.1) is 0 Å². The Balaban J connectivity index is 1.31. The average Bonchev–Trinajstić information content (AvgIpc) is 3.38. The molecule has 12 heteroatoms. The second kappa shape index (κ2) is 14.2. The van der Waals surface area contributed by atoms with Gasteiger partial charge in [-0.3, -0.25) is 0 Å². The summed E-state index contributed by atoms with van der Waals surface area (Å²) in [5, 5.41) is 40.0. The van der Waals surface area contributed by atoms with Crippen LogP contribution < -0.4 is 10.6 Å². The first-order valence-electron chi connectivity index (χ1n) is 21.9. The summed E-state index contributed by atoms with van der Waals surface area (Å²) in [4.78, 5) is 40.1. The number of hydrogen-bond acceptors (Lipinski definition) is 10. The van der Waals surface area contributed by atoms with Gasteiger partial charge in [0.05, 0.1) is 29.5 Å². The smallest absolute Gasteiger partial charge is 0.408 e. The second-order valence-electron chi connectivity index (χ2n) is 23.1. The zero-order valence-electron chi connectivity index (χ0n) is 37.3. The molecule has 13 unspecified atom stereocenters. The van der Waals surface area contributed by atoms with Crippen LogP contribution in [0.5, 0.6) is 0 Å². The van der Waals surface area contributed by atoms with Crippen LogP contribution in [0.1, 0.15) is 161 Å². The highest BCUT2D eigenvalue weighted by Gasteiger charge is 2.85. The summed E-state index contributed by atoms with van der Waals surface area (Å²) < 4.78 is 24.6. The lowest BCUT2D eigenvalue weighted by Crippen LogP contribution is -2.62. The highest BCUT2D eigenvalue weighted by atomic mass is 16.6. The number of rotatable bonds is 9. The maximum atomic E-state index is 14.6. The molecule has 6 rings (SSSR count). The van der Waals surface area contributed by atoms with E-state index in [1.165, 1.54) is 0 Å². The van der Waals surface area contributed by atoms with Gasteiger partial charge < -0.3 is 44.9 Å². The molecule has 5 N–H and O–H groups in total. The molecule has 1 saturated heterocycles. The second-order valence-corrected chi connectivity index (χ2v) is 23.1. The van der Waals surface area contributed by atoms with Gasteiger partial charge in [-0.1, -0.05) is 27.7 Å². The van der Waals surface area contributed by atoms with Crippen LogP contribution in [-0.2, 0) is 23.7 Å². The number of carbonyl (C=O) groups excluding carboxylic acids is 3. The summed E-state index contributed by atoms with van der Waals surface area (Å²) in [6.45, 7) is 25.6. The molecule has 13 atom stereocenters. The van der Waals surface area contributed by atoms with Crippen molar-refractivity contribution in [3.63, 3.8) is 0 Å². The topological polar surface area (TPSA) is 173 Å². The summed E-state index contributed by atoms with van der Waals surface area (Å²) in [5.74, 6) is -0.591. The fourth-order valence-corrected chi connectivity index (χ4v) is 13.9. The van der Waals surface area contributed by atoms with Crippen LogP contribution in [0.4, 0.5) is 9.59 Å². The van der Waals surface area contributed by atoms with Crippen LogP contribution in [0.15, 0.2) is 0 Å². The number of ether oxygens (including phenoxy) is 4. The Bertz CT molecular complexity index is 1560. The van der Waals surface area contributed by atoms with E-state index in [0.29, 0.717) is 32.1 Å². The minimum atomic E-state index is -1.06. The summed E-state index contributed by atoms with van der Waals surface area (Å²) in [6.07, 6.45) is 4.53. The number of amides is 2. The number of fused-ring (bicyclic) bond motifs is 2. The summed E-state index contributed by atoms with van der Waals surface area (Å²) in [7, 11) is 0. The first kappa shape index (κ1) is 44.4. The zero-order valence-corrected chi connectivity index (χ0v) is 37.3. The van der Waals surface area contributed by atoms with Gasteiger partial charge in [-0.2, -0.15) is 0 Å². The Morgan fingerprint density at radius 2 is 1.44 bits per heavy atom. The number of aliphatic hydroxyl groups is 3. The summed E-state index contributed by atoms with van der Waals surface area (Å²) in [5.41, 5.74) is -4.27. The number of esters is 1. The van der Waals surface area contributed by atoms with Gasteiger partial charge in [-0.25, -0.2) is 14.4 Å². The molecule has 326 valence electrons. The zero-order chi connectivity index (χ0) is 42.6. The number of nitrogens with one attached hydrogen (secondary N) is 2. The molecule has 0 aromatic heterocycles. The van der Waals surface area contributed by atoms with E-state index in [1.807, 2.05) is 0 Å². The van der Waals surface area contributed by atoms with Crippen LogP contribution in [0.2, 0.25) is 0 Å². The third kappa shape index (κ3) is 7.62. The number of aliphatic hydroxyl groups excluding tert-OH is 2. The molecular weight excluding hydrogens is 728 g/mol. The fraction of sp³-hybridized carbons (Fsp3) is 0.933. The molecule has 5 aliphatic carbocycles. The predicted molar refractivity (Wildman–Crippen MR) is 215 cm³/mol. The molecule has 0 bridgehead atoms. The molecule has 0 aromatic carbocycles. The average molecular weight is 805 g/mol. The molecule has 1 heterocycles. The van der Waals surface area contributed by atoms with E-state index in [1.54, 1.807) is 55.4 Å². The van der Waals surface area contributed by atoms with E-state index >= 15 is 0 Å². The Hall–Kier alpha value is -2.15. The molecule has 6 fully saturated rings. The van der Waals surface area contributed by atoms with Gasteiger partial charge >= 0.3 is 18.2 Å². The van der Waals surface area contributed by atoms with E-state index in [0.717, 1.165) is 32.1 Å². The quantitative estimate of drug-likeness (QED) is 0.0913. The molecule has 6 aliphatic rings. The lowest BCUT2D eigenvalue weighted by atomic mass is 9.41. The Kier molecular flexibility index (Phi) is 11.1. The van der Waals surface area contributed by atoms with E-state index in [4.69, 9.17) is 18.9 Å². The molecule has 2 amide bonds. The van der Waals surface area contributed by atoms with Crippen LogP contribution in [-0.4, -0.2) is 92.9 Å². The Morgan fingerprint density at radius 3 is 2.04 bits per heavy atom. The monoisotopic (exact) mass is 805 g/mol. The maximum Gasteiger partial charge on any atom is 0.408 e. The summed E-state index contributed by atoms with van der Waals surface area (Å²) in [6, 6.07) is -1.04. The SMILES string of the molecule is CC(C)(C)OC(=O)NCCCC(NC(=O)OC(C)(C)C)C(=O)OC1CC2(C)C3CC(O)C4C(C)(C)C(O)CCC45CC35CCC2(C)C1C1(C)CCC(C(C)(C)O)O1. The van der Waals surface area contributed by atoms with Crippen molar-refractivity contribution >= 4 is 18.2 Å². The van der Waals surface area contributed by atoms with Gasteiger partial charge in [-0.05, 0) is 172 Å². The van der Waals surface area contributed by atoms with E-state index in [-0.39, 0.29) is 63.9 Å². The summed E-state index contributed by atoms with van der Waals surface area (Å²) >= 11 is 0. The lowest BCUT2D eigenvalue weighted by molar-refractivity contribution is -0.214. The largest absolute Gasteiger partial charge is 0.460 e. The fourth-order valence-electron chi connectivity index (χ4n) is 13.9. The first-order valence-corrected chi connectivity index (χ1v) is 21.9. The van der Waals surface area contributed by atoms with Crippen LogP contribution in [0.3, 0.4) is 0 Å². The molecule has 0 radical (unpaired) electrons. The Labute approximate surface area is 341 Å². The van der Waals surface area contributed by atoms with Crippen LogP contribution >= 0.6 is 0 Å². The third-order valence-electron chi connectivity index (χ3n) is 16.3. The van der Waals surface area contributed by atoms with Crippen molar-refractivity contribution in [3.8, 4) is 0 Å². The number of hydrogen-bond donors (Lipinski definition) is 5. The molecule has 57 heavy (non-hydrogen) atoms. The van der Waals surface area contributed by atoms with Gasteiger partial charge in [0.2, 0.25) is 0 Å². The van der Waals surface area contributed by atoms with Gasteiger partial charge in [0, 0.05) is 12.5 Å². The maximum absolute atomic E-state index is 14.6. The molecule has 5 saturated carbocycles. The van der Waals surface area contributed by atoms with E-state index in [9.17, 15) is 29.7 Å². The highest BCUT2D eigenvalue weighted by Crippen LogP contribution is 2.89. The van der Waals surface area contributed by atoms with Crippen molar-refractivity contribution in [1.29, 1.82) is 0 Å². The van der Waals surface area contributed by atoms with Crippen molar-refractivity contribution < 1.29 is 48.7 Å². The number of carbonyl (C=O) groups is 3. The van der Waals surface area contributed by atoms with Crippen LogP contribution in [0.25, 0.3) is 0 Å². The third-order valence-corrected chi connectivity index (χ3v) is 16.3. The predicted octanol–water partition coefficient (Wildman–Crippen LogP) is 7.19. The van der Waals surface area contributed by atoms with Crippen molar-refractivity contribution in [2.24, 2.45) is 44.8 Å². The first-order chi connectivity index (χ1) is 25.9. The standard InChI is InChI=1S/C45H76N2O10/c1-37(2,3)56-35(51)46-22-14-15-26(47-36(52)57-38(4,5)6)34(50)54-28-24-42(12)29-23-27(48)32-39(7,8)30(49)16-19-45(32)25-44(29,45)21-20-41(42,11)33(28)43(13)18-17-31(55-43)40(9,10)53/h26-33,48-49,53H,14-25H2,1-13H3,(H,46,51)(H,47,52). The minimum absolute atomic E-state index is 0.0245. The van der Waals surface area contributed by atoms with E-state index < -0.39 is 64.9 Å². The Morgan fingerprint density at radius 1 is 0.807 bits per heavy atom. The van der Waals surface area contributed by atoms with Crippen molar-refractivity contribution in [1.82, 2.24) is 10.6 Å².